The average molecular weight is 335 g/mol. The number of anilines is 2. The van der Waals surface area contributed by atoms with Gasteiger partial charge in [0, 0.05) is 10.5 Å². The third-order valence-corrected chi connectivity index (χ3v) is 3.58. The van der Waals surface area contributed by atoms with Gasteiger partial charge in [0.05, 0.1) is 22.5 Å². The minimum absolute atomic E-state index is 0.0623. The molecule has 0 atom stereocenters. The predicted octanol–water partition coefficient (Wildman–Crippen LogP) is 2.97. The molecule has 0 saturated heterocycles. The third kappa shape index (κ3) is 1.80. The minimum Gasteiger partial charge on any atom is -0.397 e. The van der Waals surface area contributed by atoms with Gasteiger partial charge in [-0.25, -0.2) is 9.29 Å². The molecule has 6 heteroatoms. The van der Waals surface area contributed by atoms with Crippen molar-refractivity contribution in [3.63, 3.8) is 0 Å². The van der Waals surface area contributed by atoms with Crippen LogP contribution < -0.4 is 10.6 Å². The molecule has 2 amide bonds. The lowest BCUT2D eigenvalue weighted by Gasteiger charge is -2.16. The van der Waals surface area contributed by atoms with E-state index in [1.165, 1.54) is 12.1 Å². The second-order valence-corrected chi connectivity index (χ2v) is 5.25. The Labute approximate surface area is 122 Å². The summed E-state index contributed by atoms with van der Waals surface area (Å²) in [6.45, 7) is 0. The zero-order chi connectivity index (χ0) is 14.4. The molecular weight excluding hydrogens is 327 g/mol. The Bertz CT molecular complexity index is 761. The molecular formula is C14H8BrFN2O2. The summed E-state index contributed by atoms with van der Waals surface area (Å²) < 4.78 is 14.0. The number of imide groups is 1. The number of hydrogen-bond donors (Lipinski definition) is 1. The summed E-state index contributed by atoms with van der Waals surface area (Å²) in [6, 6.07) is 8.35. The van der Waals surface area contributed by atoms with E-state index in [4.69, 9.17) is 5.73 Å². The number of rotatable bonds is 1. The smallest absolute Gasteiger partial charge is 0.266 e. The van der Waals surface area contributed by atoms with Crippen LogP contribution >= 0.6 is 15.9 Å². The molecule has 4 nitrogen and oxygen atoms in total. The lowest BCUT2D eigenvalue weighted by Crippen LogP contribution is -2.30. The molecule has 1 heterocycles. The maximum atomic E-state index is 13.3. The molecule has 0 aromatic heterocycles. The monoisotopic (exact) mass is 334 g/mol. The SMILES string of the molecule is Nc1ccc(F)cc1N1C(=O)c2ccc(Br)cc2C1=O. The van der Waals surface area contributed by atoms with E-state index in [0.29, 0.717) is 4.47 Å². The molecule has 0 fully saturated rings. The molecule has 2 aromatic carbocycles. The standard InChI is InChI=1S/C14H8BrFN2O2/c15-7-1-3-9-10(5-7)14(20)18(13(9)19)12-6-8(16)2-4-11(12)17/h1-6H,17H2. The van der Waals surface area contributed by atoms with E-state index in [1.807, 2.05) is 0 Å². The lowest BCUT2D eigenvalue weighted by atomic mass is 10.1. The van der Waals surface area contributed by atoms with Gasteiger partial charge in [-0.05, 0) is 30.3 Å². The first kappa shape index (κ1) is 12.8. The van der Waals surface area contributed by atoms with E-state index in [1.54, 1.807) is 18.2 Å². The van der Waals surface area contributed by atoms with Gasteiger partial charge in [-0.15, -0.1) is 0 Å². The first-order valence-electron chi connectivity index (χ1n) is 5.72. The van der Waals surface area contributed by atoms with Crippen molar-refractivity contribution in [2.75, 3.05) is 10.6 Å². The van der Waals surface area contributed by atoms with Crippen molar-refractivity contribution in [3.05, 3.63) is 57.8 Å². The highest BCUT2D eigenvalue weighted by molar-refractivity contribution is 9.10. The number of carbonyl (C=O) groups is 2. The molecule has 0 saturated carbocycles. The molecule has 0 aliphatic carbocycles. The summed E-state index contributed by atoms with van der Waals surface area (Å²) in [5.74, 6) is -1.58. The highest BCUT2D eigenvalue weighted by Crippen LogP contribution is 2.33. The maximum Gasteiger partial charge on any atom is 0.266 e. The molecule has 0 unspecified atom stereocenters. The van der Waals surface area contributed by atoms with Crippen LogP contribution in [0.4, 0.5) is 15.8 Å². The van der Waals surface area contributed by atoms with E-state index in [9.17, 15) is 14.0 Å². The number of carbonyl (C=O) groups excluding carboxylic acids is 2. The quantitative estimate of drug-likeness (QED) is 0.644. The number of nitrogen functional groups attached to an aromatic ring is 1. The van der Waals surface area contributed by atoms with Gasteiger partial charge < -0.3 is 5.73 Å². The second kappa shape index (κ2) is 4.42. The first-order valence-corrected chi connectivity index (χ1v) is 6.51. The van der Waals surface area contributed by atoms with Gasteiger partial charge in [0.15, 0.2) is 0 Å². The van der Waals surface area contributed by atoms with Crippen LogP contribution in [-0.4, -0.2) is 11.8 Å². The largest absolute Gasteiger partial charge is 0.397 e. The van der Waals surface area contributed by atoms with E-state index in [2.05, 4.69) is 15.9 Å². The summed E-state index contributed by atoms with van der Waals surface area (Å²) in [4.78, 5) is 25.5. The molecule has 100 valence electrons. The summed E-state index contributed by atoms with van der Waals surface area (Å²) in [7, 11) is 0. The fourth-order valence-corrected chi connectivity index (χ4v) is 2.50. The Balaban J connectivity index is 2.16. The van der Waals surface area contributed by atoms with Crippen molar-refractivity contribution in [2.45, 2.75) is 0 Å². The Hall–Kier alpha value is -2.21. The zero-order valence-corrected chi connectivity index (χ0v) is 11.6. The summed E-state index contributed by atoms with van der Waals surface area (Å²) in [5, 5.41) is 0. The van der Waals surface area contributed by atoms with E-state index in [0.717, 1.165) is 11.0 Å². The minimum atomic E-state index is -0.563. The molecule has 20 heavy (non-hydrogen) atoms. The van der Waals surface area contributed by atoms with E-state index >= 15 is 0 Å². The van der Waals surface area contributed by atoms with Crippen molar-refractivity contribution in [3.8, 4) is 0 Å². The van der Waals surface area contributed by atoms with Crippen LogP contribution in [0.25, 0.3) is 0 Å². The van der Waals surface area contributed by atoms with Gasteiger partial charge in [-0.1, -0.05) is 15.9 Å². The lowest BCUT2D eigenvalue weighted by molar-refractivity contribution is 0.0926. The Morgan fingerprint density at radius 3 is 2.45 bits per heavy atom. The Morgan fingerprint density at radius 2 is 1.70 bits per heavy atom. The molecule has 2 N–H and O–H groups in total. The normalized spacial score (nSPS) is 13.8. The van der Waals surface area contributed by atoms with Gasteiger partial charge >= 0.3 is 0 Å². The number of halogens is 2. The molecule has 0 bridgehead atoms. The number of amides is 2. The predicted molar refractivity (Wildman–Crippen MR) is 76.1 cm³/mol. The van der Waals surface area contributed by atoms with Crippen LogP contribution in [-0.2, 0) is 0 Å². The molecule has 0 radical (unpaired) electrons. The van der Waals surface area contributed by atoms with E-state index in [-0.39, 0.29) is 22.5 Å². The highest BCUT2D eigenvalue weighted by atomic mass is 79.9. The zero-order valence-electron chi connectivity index (χ0n) is 10.1. The molecule has 1 aliphatic rings. The summed E-state index contributed by atoms with van der Waals surface area (Å²) in [5.41, 5.74) is 6.52. The molecule has 2 aromatic rings. The topological polar surface area (TPSA) is 63.4 Å². The number of hydrogen-bond acceptors (Lipinski definition) is 3. The second-order valence-electron chi connectivity index (χ2n) is 4.34. The van der Waals surface area contributed by atoms with Crippen molar-refractivity contribution in [1.29, 1.82) is 0 Å². The molecule has 1 aliphatic heterocycles. The van der Waals surface area contributed by atoms with Crippen LogP contribution in [0.5, 0.6) is 0 Å². The van der Waals surface area contributed by atoms with Crippen LogP contribution in [0.2, 0.25) is 0 Å². The number of benzene rings is 2. The Kier molecular flexibility index (Phi) is 2.83. The van der Waals surface area contributed by atoms with Gasteiger partial charge in [0.2, 0.25) is 0 Å². The van der Waals surface area contributed by atoms with Crippen molar-refractivity contribution in [2.24, 2.45) is 0 Å². The Morgan fingerprint density at radius 1 is 1.00 bits per heavy atom. The first-order chi connectivity index (χ1) is 9.49. The highest BCUT2D eigenvalue weighted by Gasteiger charge is 2.37. The van der Waals surface area contributed by atoms with Crippen molar-refractivity contribution < 1.29 is 14.0 Å². The fraction of sp³-hybridized carbons (Fsp3) is 0. The van der Waals surface area contributed by atoms with E-state index < -0.39 is 17.6 Å². The van der Waals surface area contributed by atoms with Crippen LogP contribution in [0, 0.1) is 5.82 Å². The maximum absolute atomic E-state index is 13.3. The third-order valence-electron chi connectivity index (χ3n) is 3.08. The number of nitrogens with zero attached hydrogens (tertiary/aromatic N) is 1. The van der Waals surface area contributed by atoms with Crippen LogP contribution in [0.3, 0.4) is 0 Å². The van der Waals surface area contributed by atoms with Crippen molar-refractivity contribution in [1.82, 2.24) is 0 Å². The fourth-order valence-electron chi connectivity index (χ4n) is 2.14. The van der Waals surface area contributed by atoms with Crippen molar-refractivity contribution >= 4 is 39.1 Å². The van der Waals surface area contributed by atoms with Crippen LogP contribution in [0.1, 0.15) is 20.7 Å². The average Bonchev–Trinajstić information content (AvgIpc) is 2.65. The van der Waals surface area contributed by atoms with Gasteiger partial charge in [0.25, 0.3) is 11.8 Å². The summed E-state index contributed by atoms with van der Waals surface area (Å²) in [6.07, 6.45) is 0. The summed E-state index contributed by atoms with van der Waals surface area (Å²) >= 11 is 3.25. The number of nitrogens with two attached hydrogens (primary N) is 1. The van der Waals surface area contributed by atoms with Crippen LogP contribution in [0.15, 0.2) is 40.9 Å². The number of fused-ring (bicyclic) bond motifs is 1. The van der Waals surface area contributed by atoms with Gasteiger partial charge in [-0.2, -0.15) is 0 Å². The molecule has 0 spiro atoms. The molecule has 3 rings (SSSR count). The van der Waals surface area contributed by atoms with Gasteiger partial charge in [0.1, 0.15) is 5.82 Å². The van der Waals surface area contributed by atoms with Gasteiger partial charge in [-0.3, -0.25) is 9.59 Å².